The van der Waals surface area contributed by atoms with E-state index < -0.39 is 29.4 Å². The van der Waals surface area contributed by atoms with Gasteiger partial charge in [-0.15, -0.1) is 11.3 Å². The summed E-state index contributed by atoms with van der Waals surface area (Å²) in [6.45, 7) is 10.8. The van der Waals surface area contributed by atoms with Gasteiger partial charge in [0, 0.05) is 55.8 Å². The summed E-state index contributed by atoms with van der Waals surface area (Å²) in [4.78, 5) is 44.5. The van der Waals surface area contributed by atoms with Crippen molar-refractivity contribution < 1.29 is 42.4 Å². The van der Waals surface area contributed by atoms with E-state index in [-0.39, 0.29) is 87.9 Å². The number of halogens is 2. The van der Waals surface area contributed by atoms with Gasteiger partial charge < -0.3 is 33.9 Å². The molecule has 3 atom stereocenters. The topological polar surface area (TPSA) is 175 Å². The molecule has 2 bridgehead atoms. The van der Waals surface area contributed by atoms with Gasteiger partial charge in [-0.25, -0.2) is 18.4 Å². The smallest absolute Gasteiger partial charge is 0.412 e. The molecule has 3 aromatic heterocycles. The molecule has 0 saturated carbocycles. The highest BCUT2D eigenvalue weighted by atomic mass is 32.1. The van der Waals surface area contributed by atoms with Crippen LogP contribution in [0.15, 0.2) is 6.20 Å². The summed E-state index contributed by atoms with van der Waals surface area (Å²) in [5.74, 6) is -1.11. The number of carboxylic acid groups (broad SMARTS) is 1. The van der Waals surface area contributed by atoms with Gasteiger partial charge in [0.1, 0.15) is 34.1 Å². The van der Waals surface area contributed by atoms with E-state index in [0.717, 1.165) is 43.5 Å². The molecule has 7 heterocycles. The second-order valence-electron chi connectivity index (χ2n) is 15.2. The van der Waals surface area contributed by atoms with Gasteiger partial charge >= 0.3 is 18.2 Å². The van der Waals surface area contributed by atoms with Crippen LogP contribution in [-0.4, -0.2) is 112 Å². The SMILES string of the molecule is C[C@@H](CN1CCOCC1)Oc1nc(N2C3CCC2CN(C(=O)O)C3)c2c3c(c(-c4ncc(F)c5sc(NC(=O)OC(C)(C)C)c(C#N)c45)c(F)c2n1)COC3. The van der Waals surface area contributed by atoms with E-state index in [4.69, 9.17) is 23.9 Å². The Morgan fingerprint density at radius 3 is 2.49 bits per heavy atom. The number of pyridine rings is 1. The van der Waals surface area contributed by atoms with Crippen molar-refractivity contribution in [3.05, 3.63) is 34.5 Å². The van der Waals surface area contributed by atoms with Gasteiger partial charge in [0.2, 0.25) is 0 Å². The van der Waals surface area contributed by atoms with E-state index in [1.165, 1.54) is 4.90 Å². The molecule has 3 fully saturated rings. The molecular formula is C37H40F2N8O7S. The summed E-state index contributed by atoms with van der Waals surface area (Å²) >= 11 is 0.822. The van der Waals surface area contributed by atoms with Gasteiger partial charge in [0.15, 0.2) is 11.6 Å². The Kier molecular flexibility index (Phi) is 9.60. The fourth-order valence-electron chi connectivity index (χ4n) is 8.10. The number of piperazine rings is 1. The molecule has 0 spiro atoms. The van der Waals surface area contributed by atoms with E-state index in [2.05, 4.69) is 31.2 Å². The quantitative estimate of drug-likeness (QED) is 0.228. The van der Waals surface area contributed by atoms with Crippen LogP contribution in [0.1, 0.15) is 57.2 Å². The molecule has 4 aromatic rings. The van der Waals surface area contributed by atoms with Crippen LogP contribution >= 0.6 is 11.3 Å². The molecule has 2 N–H and O–H groups in total. The summed E-state index contributed by atoms with van der Waals surface area (Å²) in [7, 11) is 0. The van der Waals surface area contributed by atoms with Crippen molar-refractivity contribution in [1.29, 1.82) is 5.26 Å². The average Bonchev–Trinajstić information content (AvgIpc) is 3.82. The Hall–Kier alpha value is -4.96. The zero-order chi connectivity index (χ0) is 38.8. The summed E-state index contributed by atoms with van der Waals surface area (Å²) in [5.41, 5.74) is 0.00942. The highest BCUT2D eigenvalue weighted by molar-refractivity contribution is 7.23. The number of hydrogen-bond acceptors (Lipinski definition) is 13. The fourth-order valence-corrected chi connectivity index (χ4v) is 9.14. The third-order valence-corrected chi connectivity index (χ3v) is 11.4. The lowest BCUT2D eigenvalue weighted by molar-refractivity contribution is 0.0207. The number of ether oxygens (including phenoxy) is 4. The van der Waals surface area contributed by atoms with Crippen LogP contribution in [0.3, 0.4) is 0 Å². The maximum atomic E-state index is 17.7. The number of aromatic nitrogens is 3. The fraction of sp³-hybridized carbons (Fsp3) is 0.514. The highest BCUT2D eigenvalue weighted by Crippen LogP contribution is 2.48. The van der Waals surface area contributed by atoms with Crippen molar-refractivity contribution in [2.45, 2.75) is 77.5 Å². The molecule has 2 amide bonds. The first kappa shape index (κ1) is 37.0. The summed E-state index contributed by atoms with van der Waals surface area (Å²) in [6.07, 6.45) is 0.176. The van der Waals surface area contributed by atoms with Crippen molar-refractivity contribution in [2.24, 2.45) is 0 Å². The number of carbonyl (C=O) groups excluding carboxylic acids is 1. The molecule has 2 unspecified atom stereocenters. The standard InChI is InChI=1S/C37H40F2N8O7S/c1-18(13-45-7-9-51-10-8-45)53-34-42-30-27(32(43-34)47-19-5-6-20(47)15-46(14-19)36(49)50)23-17-52-16-22(23)25(28(30)39)29-26-21(11-40)33(44-35(48)54-37(2,3)4)55-31(26)24(38)12-41-29/h12,18-20H,5-10,13-17H2,1-4H3,(H,44,48)(H,49,50)/t18-,19?,20?/m0/s1. The first-order valence-electron chi connectivity index (χ1n) is 18.2. The molecular weight excluding hydrogens is 739 g/mol. The number of likely N-dealkylation sites (tertiary alicyclic amines) is 1. The maximum absolute atomic E-state index is 17.7. The number of rotatable bonds is 7. The molecule has 0 aliphatic carbocycles. The highest BCUT2D eigenvalue weighted by Gasteiger charge is 2.44. The van der Waals surface area contributed by atoms with Gasteiger partial charge in [0.05, 0.1) is 54.0 Å². The Labute approximate surface area is 318 Å². The number of hydrogen-bond donors (Lipinski definition) is 2. The number of morpholine rings is 1. The van der Waals surface area contributed by atoms with E-state index in [9.17, 15) is 20.0 Å². The van der Waals surface area contributed by atoms with Gasteiger partial charge in [0.25, 0.3) is 0 Å². The number of nitrogens with zero attached hydrogens (tertiary/aromatic N) is 7. The average molecular weight is 779 g/mol. The predicted molar refractivity (Wildman–Crippen MR) is 197 cm³/mol. The van der Waals surface area contributed by atoms with Gasteiger partial charge in [-0.2, -0.15) is 15.2 Å². The number of nitriles is 1. The largest absolute Gasteiger partial charge is 0.465 e. The minimum atomic E-state index is -0.997. The van der Waals surface area contributed by atoms with Crippen LogP contribution in [0, 0.1) is 23.0 Å². The van der Waals surface area contributed by atoms with Crippen molar-refractivity contribution in [2.75, 3.05) is 56.2 Å². The Balaban J connectivity index is 1.30. The molecule has 0 radical (unpaired) electrons. The van der Waals surface area contributed by atoms with Crippen LogP contribution < -0.4 is 15.0 Å². The molecule has 4 aliphatic heterocycles. The van der Waals surface area contributed by atoms with Crippen molar-refractivity contribution in [3.8, 4) is 23.3 Å². The zero-order valence-corrected chi connectivity index (χ0v) is 31.6. The number of carbonyl (C=O) groups is 2. The number of fused-ring (bicyclic) bond motifs is 6. The lowest BCUT2D eigenvalue weighted by Crippen LogP contribution is -2.55. The molecule has 8 rings (SSSR count). The van der Waals surface area contributed by atoms with Gasteiger partial charge in [-0.05, 0) is 51.7 Å². The Bertz CT molecular complexity index is 2240. The second kappa shape index (κ2) is 14.3. The van der Waals surface area contributed by atoms with Crippen molar-refractivity contribution in [3.63, 3.8) is 0 Å². The first-order chi connectivity index (χ1) is 26.3. The minimum Gasteiger partial charge on any atom is -0.465 e. The lowest BCUT2D eigenvalue weighted by Gasteiger charge is -2.41. The monoisotopic (exact) mass is 778 g/mol. The minimum absolute atomic E-state index is 0.00279. The summed E-state index contributed by atoms with van der Waals surface area (Å²) < 4.78 is 56.3. The van der Waals surface area contributed by atoms with E-state index in [1.54, 1.807) is 20.8 Å². The van der Waals surface area contributed by atoms with Crippen LogP contribution in [0.2, 0.25) is 0 Å². The van der Waals surface area contributed by atoms with Crippen LogP contribution in [0.25, 0.3) is 32.2 Å². The number of benzene rings is 1. The molecule has 15 nitrogen and oxygen atoms in total. The van der Waals surface area contributed by atoms with Gasteiger partial charge in [-0.1, -0.05) is 0 Å². The normalized spacial score (nSPS) is 20.5. The number of nitrogens with one attached hydrogen (secondary N) is 1. The molecule has 1 aromatic carbocycles. The lowest BCUT2D eigenvalue weighted by atomic mass is 9.93. The van der Waals surface area contributed by atoms with E-state index >= 15 is 8.78 Å². The molecule has 3 saturated heterocycles. The Morgan fingerprint density at radius 1 is 1.11 bits per heavy atom. The van der Waals surface area contributed by atoms with Gasteiger partial charge in [-0.3, -0.25) is 15.2 Å². The van der Waals surface area contributed by atoms with Crippen molar-refractivity contribution in [1.82, 2.24) is 24.8 Å². The Morgan fingerprint density at radius 2 is 1.82 bits per heavy atom. The van der Waals surface area contributed by atoms with Crippen LogP contribution in [0.5, 0.6) is 6.01 Å². The maximum Gasteiger partial charge on any atom is 0.412 e. The summed E-state index contributed by atoms with van der Waals surface area (Å²) in [6, 6.07) is 1.57. The van der Waals surface area contributed by atoms with Crippen LogP contribution in [0.4, 0.5) is 29.2 Å². The molecule has 55 heavy (non-hydrogen) atoms. The predicted octanol–water partition coefficient (Wildman–Crippen LogP) is 5.86. The molecule has 18 heteroatoms. The third-order valence-electron chi connectivity index (χ3n) is 10.3. The number of amides is 2. The van der Waals surface area contributed by atoms with Crippen LogP contribution in [-0.2, 0) is 27.4 Å². The number of thiophene rings is 1. The summed E-state index contributed by atoms with van der Waals surface area (Å²) in [5, 5.41) is 23.2. The first-order valence-corrected chi connectivity index (χ1v) is 19.0. The van der Waals surface area contributed by atoms with E-state index in [1.807, 2.05) is 6.92 Å². The third kappa shape index (κ3) is 6.83. The molecule has 4 aliphatic rings. The van der Waals surface area contributed by atoms with E-state index in [0.29, 0.717) is 42.1 Å². The number of anilines is 2. The molecule has 290 valence electrons. The zero-order valence-electron chi connectivity index (χ0n) is 30.8. The van der Waals surface area contributed by atoms with Crippen molar-refractivity contribution >= 4 is 55.3 Å². The second-order valence-corrected chi connectivity index (χ2v) is 16.2.